The highest BCUT2D eigenvalue weighted by Gasteiger charge is 2.14. The van der Waals surface area contributed by atoms with Crippen LogP contribution in [0.5, 0.6) is 0 Å². The molecule has 1 atom stereocenters. The van der Waals surface area contributed by atoms with Crippen LogP contribution in [-0.4, -0.2) is 57.7 Å². The molecule has 1 amide bonds. The molecule has 4 aromatic carbocycles. The number of hydrogen-bond donors (Lipinski definition) is 5. The molecule has 5 N–H and O–H groups in total. The topological polar surface area (TPSA) is 118 Å². The lowest BCUT2D eigenvalue weighted by molar-refractivity contribution is 0.102. The molecule has 9 nitrogen and oxygen atoms in total. The number of carbonyl (C=O) groups excluding carboxylic acids is 1. The van der Waals surface area contributed by atoms with E-state index in [0.717, 1.165) is 45.3 Å². The van der Waals surface area contributed by atoms with Crippen LogP contribution in [0.1, 0.15) is 10.4 Å². The fraction of sp³-hybridized carbons (Fsp3) is 0.114. The van der Waals surface area contributed by atoms with Crippen LogP contribution in [-0.2, 0) is 0 Å². The van der Waals surface area contributed by atoms with Crippen molar-refractivity contribution >= 4 is 50.7 Å². The van der Waals surface area contributed by atoms with Gasteiger partial charge in [0.25, 0.3) is 5.91 Å². The van der Waals surface area contributed by atoms with Crippen LogP contribution in [0, 0.1) is 0 Å². The van der Waals surface area contributed by atoms with Crippen LogP contribution in [0.4, 0.5) is 23.0 Å². The number of rotatable bonds is 10. The molecule has 0 saturated heterocycles. The van der Waals surface area contributed by atoms with E-state index in [1.165, 1.54) is 0 Å². The maximum absolute atomic E-state index is 13.0. The number of fused-ring (bicyclic) bond motifs is 2. The van der Waals surface area contributed by atoms with Crippen molar-refractivity contribution in [3.63, 3.8) is 0 Å². The number of benzene rings is 4. The number of anilines is 4. The summed E-state index contributed by atoms with van der Waals surface area (Å²) >= 11 is 0. The molecular weight excluding hydrogens is 550 g/mol. The van der Waals surface area contributed by atoms with Gasteiger partial charge in [0.1, 0.15) is 6.23 Å². The van der Waals surface area contributed by atoms with Crippen molar-refractivity contribution in [1.29, 1.82) is 0 Å². The average molecular weight is 584 g/mol. The SMILES string of the molecule is CN(C)C/C=C/C(O)Nc1ccc(C(=O)Nc2cccc(Nc3nc(-c4c[nH]c5ccccc45)c4ccccc4n3)c2)cc1. The van der Waals surface area contributed by atoms with Crippen molar-refractivity contribution in [2.75, 3.05) is 36.6 Å². The number of nitrogens with zero attached hydrogens (tertiary/aromatic N) is 3. The monoisotopic (exact) mass is 583 g/mol. The minimum Gasteiger partial charge on any atom is -0.370 e. The predicted molar refractivity (Wildman–Crippen MR) is 178 cm³/mol. The van der Waals surface area contributed by atoms with Crippen molar-refractivity contribution < 1.29 is 9.90 Å². The van der Waals surface area contributed by atoms with Gasteiger partial charge in [-0.3, -0.25) is 4.79 Å². The van der Waals surface area contributed by atoms with Crippen molar-refractivity contribution in [1.82, 2.24) is 19.9 Å². The van der Waals surface area contributed by atoms with Crippen molar-refractivity contribution in [2.24, 2.45) is 0 Å². The van der Waals surface area contributed by atoms with E-state index < -0.39 is 6.23 Å². The molecule has 0 aliphatic carbocycles. The fourth-order valence-corrected chi connectivity index (χ4v) is 4.95. The maximum Gasteiger partial charge on any atom is 0.255 e. The normalized spacial score (nSPS) is 12.2. The lowest BCUT2D eigenvalue weighted by atomic mass is 10.1. The lowest BCUT2D eigenvalue weighted by Gasteiger charge is -2.13. The fourth-order valence-electron chi connectivity index (χ4n) is 4.95. The Hall–Kier alpha value is -5.51. The molecule has 0 spiro atoms. The van der Waals surface area contributed by atoms with E-state index in [0.29, 0.717) is 22.9 Å². The predicted octanol–water partition coefficient (Wildman–Crippen LogP) is 6.62. The number of para-hydroxylation sites is 2. The van der Waals surface area contributed by atoms with Gasteiger partial charge in [0.15, 0.2) is 0 Å². The molecule has 0 aliphatic heterocycles. The molecule has 9 heteroatoms. The maximum atomic E-state index is 13.0. The Bertz CT molecular complexity index is 1950. The zero-order valence-corrected chi connectivity index (χ0v) is 24.5. The lowest BCUT2D eigenvalue weighted by Crippen LogP contribution is -2.17. The number of hydrogen-bond acceptors (Lipinski definition) is 7. The third-order valence-electron chi connectivity index (χ3n) is 7.07. The van der Waals surface area contributed by atoms with E-state index in [2.05, 4.69) is 27.0 Å². The largest absolute Gasteiger partial charge is 0.370 e. The second-order valence-corrected chi connectivity index (χ2v) is 10.7. The van der Waals surface area contributed by atoms with Gasteiger partial charge in [0, 0.05) is 57.2 Å². The number of aliphatic hydroxyl groups excluding tert-OH is 1. The summed E-state index contributed by atoms with van der Waals surface area (Å²) < 4.78 is 0. The van der Waals surface area contributed by atoms with Crippen molar-refractivity contribution in [2.45, 2.75) is 6.23 Å². The average Bonchev–Trinajstić information content (AvgIpc) is 3.45. The summed E-state index contributed by atoms with van der Waals surface area (Å²) in [5.41, 5.74) is 6.25. The van der Waals surface area contributed by atoms with E-state index in [1.54, 1.807) is 30.3 Å². The summed E-state index contributed by atoms with van der Waals surface area (Å²) in [4.78, 5) is 28.0. The molecule has 0 fully saturated rings. The Morgan fingerprint density at radius 1 is 0.886 bits per heavy atom. The summed E-state index contributed by atoms with van der Waals surface area (Å²) in [5.74, 6) is 0.206. The van der Waals surface area contributed by atoms with Crippen LogP contribution in [0.15, 0.2) is 115 Å². The third-order valence-corrected chi connectivity index (χ3v) is 7.07. The summed E-state index contributed by atoms with van der Waals surface area (Å²) in [6.45, 7) is 0.732. The molecule has 6 aromatic rings. The standard InChI is InChI=1S/C35H33N7O2/c1-42(2)20-8-15-32(43)37-24-18-16-23(17-19-24)34(44)38-25-9-7-10-26(21-25)39-35-40-31-14-6-4-12-28(31)33(41-35)29-22-36-30-13-5-3-11-27(29)30/h3-19,21-22,32,36-37,43H,20H2,1-2H3,(H,38,44)(H,39,40,41)/b15-8+. The van der Waals surface area contributed by atoms with E-state index in [9.17, 15) is 9.90 Å². The Morgan fingerprint density at radius 2 is 1.64 bits per heavy atom. The van der Waals surface area contributed by atoms with Gasteiger partial charge in [-0.2, -0.15) is 0 Å². The summed E-state index contributed by atoms with van der Waals surface area (Å²) in [6, 6.07) is 30.5. The summed E-state index contributed by atoms with van der Waals surface area (Å²) in [6.07, 6.45) is 4.73. The van der Waals surface area contributed by atoms with Crippen LogP contribution in [0.25, 0.3) is 33.1 Å². The molecule has 0 bridgehead atoms. The van der Waals surface area contributed by atoms with Gasteiger partial charge in [-0.05, 0) is 74.8 Å². The minimum absolute atomic E-state index is 0.247. The van der Waals surface area contributed by atoms with Gasteiger partial charge >= 0.3 is 0 Å². The second kappa shape index (κ2) is 12.8. The molecule has 6 rings (SSSR count). The number of aliphatic hydroxyl groups is 1. The zero-order chi connectivity index (χ0) is 30.5. The first kappa shape index (κ1) is 28.6. The first-order chi connectivity index (χ1) is 21.4. The number of amides is 1. The van der Waals surface area contributed by atoms with Gasteiger partial charge in [-0.25, -0.2) is 9.97 Å². The highest BCUT2D eigenvalue weighted by molar-refractivity contribution is 6.05. The Labute approximate surface area is 255 Å². The molecule has 220 valence electrons. The highest BCUT2D eigenvalue weighted by Crippen LogP contribution is 2.33. The van der Waals surface area contributed by atoms with Crippen LogP contribution in [0.2, 0.25) is 0 Å². The van der Waals surface area contributed by atoms with E-state index >= 15 is 0 Å². The Balaban J connectivity index is 1.17. The van der Waals surface area contributed by atoms with Gasteiger partial charge in [-0.1, -0.05) is 48.5 Å². The van der Waals surface area contributed by atoms with Crippen molar-refractivity contribution in [3.8, 4) is 11.3 Å². The Kier molecular flexibility index (Phi) is 8.31. The quantitative estimate of drug-likeness (QED) is 0.0908. The number of likely N-dealkylation sites (N-methyl/N-ethyl adjacent to an activating group) is 1. The van der Waals surface area contributed by atoms with Gasteiger partial charge in [0.05, 0.1) is 11.2 Å². The minimum atomic E-state index is -0.824. The Morgan fingerprint density at radius 3 is 2.45 bits per heavy atom. The first-order valence-corrected chi connectivity index (χ1v) is 14.3. The smallest absolute Gasteiger partial charge is 0.255 e. The molecule has 2 aromatic heterocycles. The molecule has 1 unspecified atom stereocenters. The molecular formula is C35H33N7O2. The summed E-state index contributed by atoms with van der Waals surface area (Å²) in [7, 11) is 3.92. The molecule has 2 heterocycles. The molecule has 0 saturated carbocycles. The number of nitrogens with one attached hydrogen (secondary N) is 4. The van der Waals surface area contributed by atoms with E-state index in [-0.39, 0.29) is 5.91 Å². The molecule has 44 heavy (non-hydrogen) atoms. The summed E-state index contributed by atoms with van der Waals surface area (Å²) in [5, 5.41) is 21.5. The van der Waals surface area contributed by atoms with Crippen LogP contribution in [0.3, 0.4) is 0 Å². The number of aromatic amines is 1. The van der Waals surface area contributed by atoms with Gasteiger partial charge < -0.3 is 30.9 Å². The van der Waals surface area contributed by atoms with Gasteiger partial charge in [-0.15, -0.1) is 0 Å². The third kappa shape index (κ3) is 6.59. The highest BCUT2D eigenvalue weighted by atomic mass is 16.3. The molecule has 0 aliphatic rings. The zero-order valence-electron chi connectivity index (χ0n) is 24.5. The number of aromatic nitrogens is 3. The van der Waals surface area contributed by atoms with Gasteiger partial charge in [0.2, 0.25) is 5.95 Å². The van der Waals surface area contributed by atoms with E-state index in [4.69, 9.17) is 9.97 Å². The number of H-pyrrole nitrogens is 1. The number of carbonyl (C=O) groups is 1. The van der Waals surface area contributed by atoms with Crippen LogP contribution < -0.4 is 16.0 Å². The second-order valence-electron chi connectivity index (χ2n) is 10.7. The van der Waals surface area contributed by atoms with E-state index in [1.807, 2.05) is 98.0 Å². The van der Waals surface area contributed by atoms with Crippen molar-refractivity contribution in [3.05, 3.63) is 121 Å². The van der Waals surface area contributed by atoms with Crippen LogP contribution >= 0.6 is 0 Å². The molecule has 0 radical (unpaired) electrons. The first-order valence-electron chi connectivity index (χ1n) is 14.3.